The Morgan fingerprint density at radius 2 is 2.21 bits per heavy atom. The summed E-state index contributed by atoms with van der Waals surface area (Å²) in [7, 11) is 0. The highest BCUT2D eigenvalue weighted by Crippen LogP contribution is 2.23. The fourth-order valence-corrected chi connectivity index (χ4v) is 3.08. The Labute approximate surface area is 117 Å². The van der Waals surface area contributed by atoms with Crippen LogP contribution in [-0.4, -0.2) is 45.9 Å². The van der Waals surface area contributed by atoms with E-state index in [1.54, 1.807) is 18.3 Å². The molecule has 0 saturated heterocycles. The third-order valence-corrected chi connectivity index (χ3v) is 3.91. The third-order valence-electron chi connectivity index (χ3n) is 2.88. The van der Waals surface area contributed by atoms with Crippen molar-refractivity contribution in [3.05, 3.63) is 28.8 Å². The van der Waals surface area contributed by atoms with E-state index in [0.29, 0.717) is 19.6 Å². The van der Waals surface area contributed by atoms with Crippen molar-refractivity contribution in [2.24, 2.45) is 0 Å². The maximum atomic E-state index is 9.46. The van der Waals surface area contributed by atoms with Gasteiger partial charge in [0.2, 0.25) is 0 Å². The minimum atomic E-state index is -0.400. The molecule has 2 rings (SSSR count). The van der Waals surface area contributed by atoms with Crippen LogP contribution in [0.25, 0.3) is 10.2 Å². The first-order valence-electron chi connectivity index (χ1n) is 6.46. The summed E-state index contributed by atoms with van der Waals surface area (Å²) in [4.78, 5) is 6.64. The fourth-order valence-electron chi connectivity index (χ4n) is 2.09. The highest BCUT2D eigenvalue weighted by Gasteiger charge is 2.11. The first-order chi connectivity index (χ1) is 9.08. The van der Waals surface area contributed by atoms with E-state index in [2.05, 4.69) is 30.1 Å². The molecule has 5 heteroatoms. The Hall–Kier alpha value is -1.01. The van der Waals surface area contributed by atoms with E-state index in [0.717, 1.165) is 10.5 Å². The standard InChI is InChI=1S/C14H20N2O2S/c1-10-3-4-13-12(7-10)15-14(19-13)9-16(5-6-17)8-11(2)18/h3-4,7,11,17-18H,5-6,8-9H2,1-2H3. The lowest BCUT2D eigenvalue weighted by molar-refractivity contribution is 0.107. The van der Waals surface area contributed by atoms with Crippen molar-refractivity contribution in [2.45, 2.75) is 26.5 Å². The lowest BCUT2D eigenvalue weighted by atomic mass is 10.2. The first-order valence-corrected chi connectivity index (χ1v) is 7.27. The van der Waals surface area contributed by atoms with Gasteiger partial charge in [-0.25, -0.2) is 4.98 Å². The number of hydrogen-bond acceptors (Lipinski definition) is 5. The number of aromatic nitrogens is 1. The van der Waals surface area contributed by atoms with Gasteiger partial charge in [0.15, 0.2) is 0 Å². The van der Waals surface area contributed by atoms with Gasteiger partial charge in [-0.05, 0) is 31.5 Å². The van der Waals surface area contributed by atoms with Crippen LogP contribution in [0.4, 0.5) is 0 Å². The lowest BCUT2D eigenvalue weighted by Gasteiger charge is -2.21. The molecule has 0 saturated carbocycles. The van der Waals surface area contributed by atoms with E-state index >= 15 is 0 Å². The smallest absolute Gasteiger partial charge is 0.108 e. The molecule has 2 aromatic rings. The summed E-state index contributed by atoms with van der Waals surface area (Å²) < 4.78 is 1.18. The van der Waals surface area contributed by atoms with Crippen molar-refractivity contribution in [3.63, 3.8) is 0 Å². The number of aliphatic hydroxyl groups is 2. The van der Waals surface area contributed by atoms with E-state index in [1.807, 2.05) is 4.90 Å². The van der Waals surface area contributed by atoms with Gasteiger partial charge in [-0.2, -0.15) is 0 Å². The quantitative estimate of drug-likeness (QED) is 0.847. The maximum Gasteiger partial charge on any atom is 0.108 e. The van der Waals surface area contributed by atoms with Gasteiger partial charge in [-0.15, -0.1) is 11.3 Å². The minimum absolute atomic E-state index is 0.0940. The Morgan fingerprint density at radius 3 is 2.89 bits per heavy atom. The molecule has 0 aliphatic rings. The third kappa shape index (κ3) is 3.98. The molecule has 0 radical (unpaired) electrons. The monoisotopic (exact) mass is 280 g/mol. The number of hydrogen-bond donors (Lipinski definition) is 2. The van der Waals surface area contributed by atoms with Crippen LogP contribution in [0, 0.1) is 6.92 Å². The van der Waals surface area contributed by atoms with Crippen molar-refractivity contribution in [3.8, 4) is 0 Å². The molecule has 0 bridgehead atoms. The number of nitrogens with zero attached hydrogens (tertiary/aromatic N) is 2. The summed E-state index contributed by atoms with van der Waals surface area (Å²) in [5.74, 6) is 0. The molecule has 1 unspecified atom stereocenters. The van der Waals surface area contributed by atoms with Crippen LogP contribution in [-0.2, 0) is 6.54 Å². The fraction of sp³-hybridized carbons (Fsp3) is 0.500. The van der Waals surface area contributed by atoms with Crippen molar-refractivity contribution in [1.29, 1.82) is 0 Å². The average Bonchev–Trinajstić information content (AvgIpc) is 2.69. The SMILES string of the molecule is Cc1ccc2sc(CN(CCO)CC(C)O)nc2c1. The van der Waals surface area contributed by atoms with Crippen LogP contribution >= 0.6 is 11.3 Å². The molecular weight excluding hydrogens is 260 g/mol. The summed E-state index contributed by atoms with van der Waals surface area (Å²) in [5.41, 5.74) is 2.24. The molecule has 0 spiro atoms. The van der Waals surface area contributed by atoms with Gasteiger partial charge in [-0.1, -0.05) is 6.07 Å². The second-order valence-corrected chi connectivity index (χ2v) is 6.00. The molecular formula is C14H20N2O2S. The molecule has 0 aliphatic heterocycles. The molecule has 1 atom stereocenters. The summed E-state index contributed by atoms with van der Waals surface area (Å²) in [6.45, 7) is 5.69. The van der Waals surface area contributed by atoms with E-state index in [1.165, 1.54) is 10.3 Å². The van der Waals surface area contributed by atoms with Gasteiger partial charge in [0.05, 0.1) is 29.5 Å². The molecule has 2 N–H and O–H groups in total. The number of benzene rings is 1. The van der Waals surface area contributed by atoms with Crippen LogP contribution in [0.1, 0.15) is 17.5 Å². The van der Waals surface area contributed by atoms with Crippen molar-refractivity contribution >= 4 is 21.6 Å². The molecule has 0 aliphatic carbocycles. The Morgan fingerprint density at radius 1 is 1.42 bits per heavy atom. The predicted octanol–water partition coefficient (Wildman–Crippen LogP) is 1.78. The number of fused-ring (bicyclic) bond motifs is 1. The summed E-state index contributed by atoms with van der Waals surface area (Å²) in [5, 5.41) is 19.5. The number of rotatable bonds is 6. The predicted molar refractivity (Wildman–Crippen MR) is 78.4 cm³/mol. The Balaban J connectivity index is 2.14. The van der Waals surface area contributed by atoms with Crippen molar-refractivity contribution in [2.75, 3.05) is 19.7 Å². The van der Waals surface area contributed by atoms with Crippen LogP contribution in [0.15, 0.2) is 18.2 Å². The van der Waals surface area contributed by atoms with Gasteiger partial charge >= 0.3 is 0 Å². The van der Waals surface area contributed by atoms with Crippen LogP contribution in [0.3, 0.4) is 0 Å². The number of aryl methyl sites for hydroxylation is 1. The van der Waals surface area contributed by atoms with Gasteiger partial charge in [0.25, 0.3) is 0 Å². The molecule has 4 nitrogen and oxygen atoms in total. The maximum absolute atomic E-state index is 9.46. The Kier molecular flexibility index (Phi) is 4.87. The zero-order chi connectivity index (χ0) is 13.8. The van der Waals surface area contributed by atoms with E-state index in [4.69, 9.17) is 5.11 Å². The average molecular weight is 280 g/mol. The summed E-state index contributed by atoms with van der Waals surface area (Å²) in [6.07, 6.45) is -0.400. The first kappa shape index (κ1) is 14.4. The van der Waals surface area contributed by atoms with Gasteiger partial charge in [-0.3, -0.25) is 4.90 Å². The van der Waals surface area contributed by atoms with Crippen LogP contribution in [0.2, 0.25) is 0 Å². The molecule has 0 fully saturated rings. The second-order valence-electron chi connectivity index (χ2n) is 4.89. The highest BCUT2D eigenvalue weighted by molar-refractivity contribution is 7.18. The zero-order valence-electron chi connectivity index (χ0n) is 11.3. The summed E-state index contributed by atoms with van der Waals surface area (Å²) in [6, 6.07) is 6.27. The largest absolute Gasteiger partial charge is 0.395 e. The summed E-state index contributed by atoms with van der Waals surface area (Å²) >= 11 is 1.67. The van der Waals surface area contributed by atoms with Gasteiger partial charge < -0.3 is 10.2 Å². The molecule has 0 amide bonds. The topological polar surface area (TPSA) is 56.6 Å². The molecule has 1 heterocycles. The second kappa shape index (κ2) is 6.43. The van der Waals surface area contributed by atoms with Crippen LogP contribution < -0.4 is 0 Å². The zero-order valence-corrected chi connectivity index (χ0v) is 12.2. The molecule has 19 heavy (non-hydrogen) atoms. The van der Waals surface area contributed by atoms with Gasteiger partial charge in [0.1, 0.15) is 5.01 Å². The van der Waals surface area contributed by atoms with E-state index in [9.17, 15) is 5.11 Å². The molecule has 1 aromatic carbocycles. The van der Waals surface area contributed by atoms with E-state index < -0.39 is 6.10 Å². The van der Waals surface area contributed by atoms with Crippen molar-refractivity contribution in [1.82, 2.24) is 9.88 Å². The normalized spacial score (nSPS) is 13.3. The van der Waals surface area contributed by atoms with E-state index in [-0.39, 0.29) is 6.61 Å². The number of thiazole rings is 1. The molecule has 104 valence electrons. The Bertz CT molecular complexity index is 539. The highest BCUT2D eigenvalue weighted by atomic mass is 32.1. The van der Waals surface area contributed by atoms with Crippen LogP contribution in [0.5, 0.6) is 0 Å². The number of aliphatic hydroxyl groups excluding tert-OH is 2. The van der Waals surface area contributed by atoms with Crippen molar-refractivity contribution < 1.29 is 10.2 Å². The minimum Gasteiger partial charge on any atom is -0.395 e. The van der Waals surface area contributed by atoms with Gasteiger partial charge in [0, 0.05) is 13.1 Å². The molecule has 1 aromatic heterocycles. The lowest BCUT2D eigenvalue weighted by Crippen LogP contribution is -2.32.